The smallest absolute Gasteiger partial charge is 0.429 e. The zero-order valence-electron chi connectivity index (χ0n) is 41.5. The van der Waals surface area contributed by atoms with Crippen molar-refractivity contribution in [3.05, 3.63) is 171 Å². The predicted octanol–water partition coefficient (Wildman–Crippen LogP) is 17.2. The Labute approximate surface area is 445 Å². The molecule has 0 aliphatic carbocycles. The number of halogens is 20. The summed E-state index contributed by atoms with van der Waals surface area (Å²) >= 11 is 0. The summed E-state index contributed by atoms with van der Waals surface area (Å²) in [5.41, 5.74) is -8.67. The van der Waals surface area contributed by atoms with E-state index in [0.29, 0.717) is 66.7 Å². The van der Waals surface area contributed by atoms with Gasteiger partial charge in [-0.05, 0) is 96.8 Å². The van der Waals surface area contributed by atoms with Crippen molar-refractivity contribution in [2.75, 3.05) is 26.4 Å². The van der Waals surface area contributed by atoms with E-state index >= 15 is 0 Å². The van der Waals surface area contributed by atoms with Crippen molar-refractivity contribution in [1.82, 2.24) is 0 Å². The lowest BCUT2D eigenvalue weighted by Crippen LogP contribution is -2.28. The minimum Gasteiger partial charge on any atom is -0.429 e. The van der Waals surface area contributed by atoms with Crippen molar-refractivity contribution in [1.29, 1.82) is 0 Å². The molecule has 6 aromatic carbocycles. The number of alkyl halides is 10. The Morgan fingerprint density at radius 3 is 1.01 bits per heavy atom. The maximum atomic E-state index is 14.8. The molecule has 0 unspecified atom stereocenters. The highest BCUT2D eigenvalue weighted by Gasteiger charge is 2.44. The molecule has 0 N–H and O–H groups in total. The van der Waals surface area contributed by atoms with E-state index in [2.05, 4.69) is 14.2 Å². The molecular weight excluding hydrogens is 1140 g/mol. The number of ether oxygens (including phenoxy) is 7. The molecule has 0 atom stereocenters. The molecule has 8 rings (SSSR count). The quantitative estimate of drug-likeness (QED) is 0.0949. The van der Waals surface area contributed by atoms with E-state index < -0.39 is 152 Å². The maximum absolute atomic E-state index is 14.8. The SMILES string of the molecule is CCCC1COC(c2cc(F)c(C(F)(F)Oc3ccc(-c4cc(F)c(C(F)(F)F)c(F)c4)c(F)c3)c(F)c2)OC1.CCCC1COC(c2cc(F)c(C(F)(F)Oc3ccc(-c4cc(F)c(OC(F)(F)F)c(F)c4)c(F)c3)c(F)c2)OC1. The normalized spacial score (nSPS) is 18.0. The predicted molar refractivity (Wildman–Crippen MR) is 243 cm³/mol. The molecule has 0 radical (unpaired) electrons. The van der Waals surface area contributed by atoms with Crippen molar-refractivity contribution in [3.63, 3.8) is 0 Å². The Balaban J connectivity index is 0.000000234. The van der Waals surface area contributed by atoms with Gasteiger partial charge in [-0.2, -0.15) is 30.7 Å². The van der Waals surface area contributed by atoms with E-state index in [0.717, 1.165) is 31.7 Å². The number of benzene rings is 6. The molecule has 2 heterocycles. The van der Waals surface area contributed by atoms with E-state index in [4.69, 9.17) is 18.9 Å². The first-order valence-corrected chi connectivity index (χ1v) is 23.9. The van der Waals surface area contributed by atoms with Crippen LogP contribution in [0.15, 0.2) is 84.9 Å². The molecular formula is C54H40F20O7. The summed E-state index contributed by atoms with van der Waals surface area (Å²) in [5, 5.41) is 0. The standard InChI is InChI=1S/C27H20F10O4.C27H20F10O3/c1-2-3-13-11-38-25(39-12-13)15-8-19(29)23(20(30)9-15)26(33,34)40-16-4-5-17(18(28)10-16)14-6-21(31)24(22(32)7-14)41-27(35,36)37;1-2-3-13-11-38-25(39-12-13)15-8-21(31)24(22(32)9-15)27(36,37)40-16-4-5-17(18(28)10-16)14-6-19(29)23(20(30)7-14)26(33,34)35/h4-10,13,25H,2-3,11-12H2,1H3;4-10,13,25H,2-3,11-12H2,1H3. The van der Waals surface area contributed by atoms with Crippen LogP contribution in [0.5, 0.6) is 17.2 Å². The molecule has 0 amide bonds. The van der Waals surface area contributed by atoms with Gasteiger partial charge in [0, 0.05) is 46.2 Å². The van der Waals surface area contributed by atoms with E-state index in [9.17, 15) is 87.8 Å². The minimum atomic E-state index is -5.41. The maximum Gasteiger partial charge on any atom is 0.573 e. The van der Waals surface area contributed by atoms with Gasteiger partial charge >= 0.3 is 24.8 Å². The molecule has 2 fully saturated rings. The first kappa shape index (κ1) is 61.8. The van der Waals surface area contributed by atoms with Gasteiger partial charge in [0.2, 0.25) is 5.75 Å². The monoisotopic (exact) mass is 1180 g/mol. The summed E-state index contributed by atoms with van der Waals surface area (Å²) in [6.07, 6.45) is -19.1. The van der Waals surface area contributed by atoms with E-state index in [1.807, 2.05) is 13.8 Å². The van der Waals surface area contributed by atoms with Gasteiger partial charge in [-0.1, -0.05) is 26.7 Å². The third kappa shape index (κ3) is 14.8. The Bertz CT molecular complexity index is 3110. The molecule has 0 bridgehead atoms. The molecule has 2 saturated heterocycles. The molecule has 0 aromatic heterocycles. The Hall–Kier alpha value is -6.84. The Kier molecular flexibility index (Phi) is 18.8. The first-order chi connectivity index (χ1) is 37.9. The fourth-order valence-corrected chi connectivity index (χ4v) is 8.55. The molecule has 7 nitrogen and oxygen atoms in total. The summed E-state index contributed by atoms with van der Waals surface area (Å²) in [6.45, 7) is 4.90. The lowest BCUT2D eigenvalue weighted by Gasteiger charge is -2.30. The fourth-order valence-electron chi connectivity index (χ4n) is 8.55. The second-order valence-corrected chi connectivity index (χ2v) is 18.2. The molecule has 2 aliphatic rings. The van der Waals surface area contributed by atoms with Gasteiger partial charge in [-0.3, -0.25) is 0 Å². The third-order valence-corrected chi connectivity index (χ3v) is 12.1. The summed E-state index contributed by atoms with van der Waals surface area (Å²) in [4.78, 5) is 0. The van der Waals surface area contributed by atoms with Crippen molar-refractivity contribution in [2.45, 2.75) is 76.9 Å². The largest absolute Gasteiger partial charge is 0.573 e. The number of rotatable bonds is 15. The van der Waals surface area contributed by atoms with Gasteiger partial charge in [0.25, 0.3) is 0 Å². The highest BCUT2D eigenvalue weighted by molar-refractivity contribution is 5.67. The molecule has 2 aliphatic heterocycles. The molecule has 27 heteroatoms. The minimum absolute atomic E-state index is 0.0792. The molecule has 6 aromatic rings. The van der Waals surface area contributed by atoms with Crippen molar-refractivity contribution >= 4 is 0 Å². The lowest BCUT2D eigenvalue weighted by atomic mass is 10.0. The number of hydrogen-bond acceptors (Lipinski definition) is 7. The van der Waals surface area contributed by atoms with Crippen LogP contribution in [0.1, 0.15) is 79.9 Å². The zero-order chi connectivity index (χ0) is 59.5. The van der Waals surface area contributed by atoms with Gasteiger partial charge < -0.3 is 33.2 Å². The topological polar surface area (TPSA) is 64.6 Å². The van der Waals surface area contributed by atoms with Gasteiger partial charge in [0.1, 0.15) is 74.7 Å². The second-order valence-electron chi connectivity index (χ2n) is 18.2. The van der Waals surface area contributed by atoms with Crippen LogP contribution in [0, 0.1) is 70.0 Å². The van der Waals surface area contributed by atoms with Crippen LogP contribution >= 0.6 is 0 Å². The average molecular weight is 1180 g/mol. The van der Waals surface area contributed by atoms with Gasteiger partial charge in [-0.25, -0.2) is 43.9 Å². The van der Waals surface area contributed by atoms with E-state index in [1.165, 1.54) is 0 Å². The summed E-state index contributed by atoms with van der Waals surface area (Å²) in [5.74, 6) is -20.8. The highest BCUT2D eigenvalue weighted by Crippen LogP contribution is 2.43. The first-order valence-electron chi connectivity index (χ1n) is 23.9. The van der Waals surface area contributed by atoms with E-state index in [1.54, 1.807) is 0 Å². The summed E-state index contributed by atoms with van der Waals surface area (Å²) in [6, 6.07) is 6.92. The van der Waals surface area contributed by atoms with E-state index in [-0.39, 0.29) is 61.5 Å². The van der Waals surface area contributed by atoms with Gasteiger partial charge in [-0.15, -0.1) is 13.2 Å². The molecule has 81 heavy (non-hydrogen) atoms. The van der Waals surface area contributed by atoms with Crippen molar-refractivity contribution in [3.8, 4) is 39.5 Å². The summed E-state index contributed by atoms with van der Waals surface area (Å²) < 4.78 is 312. The van der Waals surface area contributed by atoms with Gasteiger partial charge in [0.15, 0.2) is 24.2 Å². The Morgan fingerprint density at radius 1 is 0.395 bits per heavy atom. The van der Waals surface area contributed by atoms with Crippen LogP contribution in [0.25, 0.3) is 22.3 Å². The van der Waals surface area contributed by atoms with Gasteiger partial charge in [0.05, 0.1) is 26.4 Å². The van der Waals surface area contributed by atoms with Crippen LogP contribution in [-0.2, 0) is 37.3 Å². The highest BCUT2D eigenvalue weighted by atomic mass is 19.4. The van der Waals surface area contributed by atoms with Crippen molar-refractivity contribution in [2.24, 2.45) is 11.8 Å². The second kappa shape index (κ2) is 24.7. The molecule has 0 spiro atoms. The van der Waals surface area contributed by atoms with Crippen LogP contribution in [0.4, 0.5) is 87.8 Å². The van der Waals surface area contributed by atoms with Crippen LogP contribution < -0.4 is 14.2 Å². The zero-order valence-corrected chi connectivity index (χ0v) is 41.5. The summed E-state index contributed by atoms with van der Waals surface area (Å²) in [7, 11) is 0. The molecule has 0 saturated carbocycles. The van der Waals surface area contributed by atoms with Crippen LogP contribution in [0.2, 0.25) is 0 Å². The lowest BCUT2D eigenvalue weighted by molar-refractivity contribution is -0.276. The number of hydrogen-bond donors (Lipinski definition) is 0. The average Bonchev–Trinajstić information content (AvgIpc) is 3.57. The fraction of sp³-hybridized carbons (Fsp3) is 0.333. The van der Waals surface area contributed by atoms with Crippen LogP contribution in [0.3, 0.4) is 0 Å². The third-order valence-electron chi connectivity index (χ3n) is 12.1. The molecule has 438 valence electrons. The Morgan fingerprint density at radius 2 is 0.716 bits per heavy atom. The van der Waals surface area contributed by atoms with Crippen LogP contribution in [-0.4, -0.2) is 32.8 Å². The van der Waals surface area contributed by atoms with Crippen molar-refractivity contribution < 1.29 is 121 Å².